The molecule has 0 saturated heterocycles. The lowest BCUT2D eigenvalue weighted by molar-refractivity contribution is -0.143. The van der Waals surface area contributed by atoms with Gasteiger partial charge in [0.2, 0.25) is 11.8 Å². The standard InChI is InChI=1S/C9H17N3O4/c1-3-16-8(14)5-11-7(13)4-12-9(15)6(2)10/h6H,3-5,10H2,1-2H3,(H,11,13)(H,12,15). The minimum Gasteiger partial charge on any atom is -0.465 e. The maximum Gasteiger partial charge on any atom is 0.325 e. The highest BCUT2D eigenvalue weighted by Gasteiger charge is 2.10. The van der Waals surface area contributed by atoms with E-state index < -0.39 is 23.8 Å². The van der Waals surface area contributed by atoms with E-state index in [0.29, 0.717) is 0 Å². The van der Waals surface area contributed by atoms with Crippen LogP contribution in [-0.4, -0.2) is 43.5 Å². The van der Waals surface area contributed by atoms with Gasteiger partial charge < -0.3 is 21.1 Å². The van der Waals surface area contributed by atoms with Gasteiger partial charge in [0.05, 0.1) is 19.2 Å². The molecule has 4 N–H and O–H groups in total. The van der Waals surface area contributed by atoms with Crippen LogP contribution in [0.5, 0.6) is 0 Å². The first-order valence-electron chi connectivity index (χ1n) is 4.93. The SMILES string of the molecule is CCOC(=O)CNC(=O)CNC(=O)C(C)N. The highest BCUT2D eigenvalue weighted by Crippen LogP contribution is 1.77. The van der Waals surface area contributed by atoms with Crippen molar-refractivity contribution in [1.29, 1.82) is 0 Å². The molecule has 0 rings (SSSR count). The lowest BCUT2D eigenvalue weighted by Gasteiger charge is -2.08. The predicted molar refractivity (Wildman–Crippen MR) is 56.3 cm³/mol. The van der Waals surface area contributed by atoms with Gasteiger partial charge in [-0.1, -0.05) is 0 Å². The third-order valence-corrected chi connectivity index (χ3v) is 1.57. The monoisotopic (exact) mass is 231 g/mol. The predicted octanol–water partition coefficient (Wildman–Crippen LogP) is -1.87. The second-order valence-corrected chi connectivity index (χ2v) is 3.09. The van der Waals surface area contributed by atoms with Gasteiger partial charge in [-0.2, -0.15) is 0 Å². The van der Waals surface area contributed by atoms with E-state index in [1.807, 2.05) is 0 Å². The van der Waals surface area contributed by atoms with E-state index in [0.717, 1.165) is 0 Å². The second kappa shape index (κ2) is 7.63. The third kappa shape index (κ3) is 6.77. The Balaban J connectivity index is 3.67. The van der Waals surface area contributed by atoms with Crippen LogP contribution in [0, 0.1) is 0 Å². The fourth-order valence-corrected chi connectivity index (χ4v) is 0.774. The lowest BCUT2D eigenvalue weighted by atomic mass is 10.3. The maximum atomic E-state index is 11.1. The van der Waals surface area contributed by atoms with Crippen molar-refractivity contribution in [2.75, 3.05) is 19.7 Å². The fraction of sp³-hybridized carbons (Fsp3) is 0.667. The van der Waals surface area contributed by atoms with Gasteiger partial charge in [0.1, 0.15) is 6.54 Å². The largest absolute Gasteiger partial charge is 0.465 e. The first-order chi connectivity index (χ1) is 7.47. The molecule has 0 radical (unpaired) electrons. The van der Waals surface area contributed by atoms with E-state index in [1.54, 1.807) is 6.92 Å². The van der Waals surface area contributed by atoms with Crippen LogP contribution < -0.4 is 16.4 Å². The fourth-order valence-electron chi connectivity index (χ4n) is 0.774. The summed E-state index contributed by atoms with van der Waals surface area (Å²) in [5.74, 6) is -1.41. The van der Waals surface area contributed by atoms with Crippen LogP contribution in [0.2, 0.25) is 0 Å². The topological polar surface area (TPSA) is 111 Å². The van der Waals surface area contributed by atoms with E-state index in [4.69, 9.17) is 5.73 Å². The number of ether oxygens (including phenoxy) is 1. The Labute approximate surface area is 93.7 Å². The molecule has 16 heavy (non-hydrogen) atoms. The Morgan fingerprint density at radius 2 is 1.88 bits per heavy atom. The summed E-state index contributed by atoms with van der Waals surface area (Å²) in [7, 11) is 0. The molecule has 0 fully saturated rings. The molecule has 92 valence electrons. The van der Waals surface area contributed by atoms with Crippen molar-refractivity contribution in [3.05, 3.63) is 0 Å². The quantitative estimate of drug-likeness (QED) is 0.464. The molecule has 2 amide bonds. The molecule has 0 aliphatic heterocycles. The summed E-state index contributed by atoms with van der Waals surface area (Å²) >= 11 is 0. The van der Waals surface area contributed by atoms with E-state index in [-0.39, 0.29) is 19.7 Å². The van der Waals surface area contributed by atoms with E-state index in [2.05, 4.69) is 15.4 Å². The molecule has 7 nitrogen and oxygen atoms in total. The van der Waals surface area contributed by atoms with Crippen molar-refractivity contribution in [2.45, 2.75) is 19.9 Å². The van der Waals surface area contributed by atoms with Crippen molar-refractivity contribution >= 4 is 17.8 Å². The molecule has 7 heteroatoms. The third-order valence-electron chi connectivity index (χ3n) is 1.57. The number of nitrogens with two attached hydrogens (primary N) is 1. The van der Waals surface area contributed by atoms with Crippen LogP contribution in [0.15, 0.2) is 0 Å². The van der Waals surface area contributed by atoms with Gasteiger partial charge in [-0.05, 0) is 13.8 Å². The van der Waals surface area contributed by atoms with Crippen LogP contribution in [0.25, 0.3) is 0 Å². The Hall–Kier alpha value is -1.63. The zero-order chi connectivity index (χ0) is 12.6. The summed E-state index contributed by atoms with van der Waals surface area (Å²) < 4.78 is 4.60. The summed E-state index contributed by atoms with van der Waals surface area (Å²) in [5.41, 5.74) is 5.27. The summed E-state index contributed by atoms with van der Waals surface area (Å²) in [4.78, 5) is 32.9. The van der Waals surface area contributed by atoms with E-state index in [1.165, 1.54) is 6.92 Å². The summed E-state index contributed by atoms with van der Waals surface area (Å²) in [6.45, 7) is 3.02. The molecular formula is C9H17N3O4. The first kappa shape index (κ1) is 14.4. The molecular weight excluding hydrogens is 214 g/mol. The number of amides is 2. The molecule has 1 atom stereocenters. The molecule has 1 unspecified atom stereocenters. The molecule has 0 spiro atoms. The molecule has 0 aliphatic carbocycles. The van der Waals surface area contributed by atoms with E-state index >= 15 is 0 Å². The number of esters is 1. The van der Waals surface area contributed by atoms with Gasteiger partial charge in [0.15, 0.2) is 0 Å². The molecule has 0 bridgehead atoms. The summed E-state index contributed by atoms with van der Waals surface area (Å²) in [6, 6.07) is -0.669. The lowest BCUT2D eigenvalue weighted by Crippen LogP contribution is -2.44. The highest BCUT2D eigenvalue weighted by atomic mass is 16.5. The number of hydrogen-bond donors (Lipinski definition) is 3. The van der Waals surface area contributed by atoms with Crippen LogP contribution in [0.3, 0.4) is 0 Å². The van der Waals surface area contributed by atoms with Crippen molar-refractivity contribution in [3.63, 3.8) is 0 Å². The Morgan fingerprint density at radius 3 is 2.38 bits per heavy atom. The highest BCUT2D eigenvalue weighted by molar-refractivity contribution is 5.88. The summed E-state index contributed by atoms with van der Waals surface area (Å²) in [5, 5.41) is 4.60. The smallest absolute Gasteiger partial charge is 0.325 e. The van der Waals surface area contributed by atoms with Gasteiger partial charge in [-0.15, -0.1) is 0 Å². The molecule has 0 heterocycles. The van der Waals surface area contributed by atoms with Gasteiger partial charge in [-0.25, -0.2) is 0 Å². The zero-order valence-corrected chi connectivity index (χ0v) is 9.41. The molecule has 0 aromatic carbocycles. The number of carbonyl (C=O) groups is 3. The average Bonchev–Trinajstić information content (AvgIpc) is 2.23. The van der Waals surface area contributed by atoms with Gasteiger partial charge >= 0.3 is 5.97 Å². The molecule has 0 aromatic rings. The average molecular weight is 231 g/mol. The minimum absolute atomic E-state index is 0.208. The van der Waals surface area contributed by atoms with Crippen LogP contribution in [-0.2, 0) is 19.1 Å². The second-order valence-electron chi connectivity index (χ2n) is 3.09. The van der Waals surface area contributed by atoms with E-state index in [9.17, 15) is 14.4 Å². The maximum absolute atomic E-state index is 11.1. The Bertz CT molecular complexity index is 265. The molecule has 0 saturated carbocycles. The van der Waals surface area contributed by atoms with Crippen molar-refractivity contribution in [3.8, 4) is 0 Å². The van der Waals surface area contributed by atoms with Crippen LogP contribution in [0.1, 0.15) is 13.8 Å². The normalized spacial score (nSPS) is 11.4. The van der Waals surface area contributed by atoms with Gasteiger partial charge in [-0.3, -0.25) is 14.4 Å². The zero-order valence-electron chi connectivity index (χ0n) is 9.41. The van der Waals surface area contributed by atoms with Crippen molar-refractivity contribution < 1.29 is 19.1 Å². The van der Waals surface area contributed by atoms with Gasteiger partial charge in [0.25, 0.3) is 0 Å². The van der Waals surface area contributed by atoms with Crippen molar-refractivity contribution in [1.82, 2.24) is 10.6 Å². The minimum atomic E-state index is -0.669. The molecule has 0 aromatic heterocycles. The molecule has 0 aliphatic rings. The van der Waals surface area contributed by atoms with Crippen LogP contribution in [0.4, 0.5) is 0 Å². The van der Waals surface area contributed by atoms with Gasteiger partial charge in [0, 0.05) is 0 Å². The Morgan fingerprint density at radius 1 is 1.25 bits per heavy atom. The number of nitrogens with one attached hydrogen (secondary N) is 2. The number of carbonyl (C=O) groups excluding carboxylic acids is 3. The van der Waals surface area contributed by atoms with Crippen LogP contribution >= 0.6 is 0 Å². The Kier molecular flexibility index (Phi) is 6.86. The first-order valence-corrected chi connectivity index (χ1v) is 4.93. The summed E-state index contributed by atoms with van der Waals surface area (Å²) in [6.07, 6.45) is 0. The number of rotatable bonds is 6. The number of hydrogen-bond acceptors (Lipinski definition) is 5. The van der Waals surface area contributed by atoms with Crippen molar-refractivity contribution in [2.24, 2.45) is 5.73 Å².